The van der Waals surface area contributed by atoms with Crippen molar-refractivity contribution in [2.24, 2.45) is 0 Å². The Balaban J connectivity index is 1.71. The molecule has 1 N–H and O–H groups in total. The number of nitrogens with one attached hydrogen (secondary N) is 1. The number of amides is 1. The van der Waals surface area contributed by atoms with Gasteiger partial charge in [0.05, 0.1) is 31.0 Å². The van der Waals surface area contributed by atoms with Crippen molar-refractivity contribution in [3.8, 4) is 17.2 Å². The summed E-state index contributed by atoms with van der Waals surface area (Å²) in [6.07, 6.45) is 2.18. The Labute approximate surface area is 163 Å². The lowest BCUT2D eigenvalue weighted by Crippen LogP contribution is -2.17. The molecule has 0 aromatic heterocycles. The quantitative estimate of drug-likeness (QED) is 0.767. The highest BCUT2D eigenvalue weighted by Gasteiger charge is 2.17. The van der Waals surface area contributed by atoms with E-state index >= 15 is 0 Å². The molecule has 2 aromatic carbocycles. The van der Waals surface area contributed by atoms with Crippen LogP contribution in [-0.2, 0) is 4.74 Å². The number of ether oxygens (including phenoxy) is 4. The van der Waals surface area contributed by atoms with Gasteiger partial charge in [-0.2, -0.15) is 0 Å². The van der Waals surface area contributed by atoms with Crippen molar-refractivity contribution < 1.29 is 23.7 Å². The van der Waals surface area contributed by atoms with Gasteiger partial charge >= 0.3 is 0 Å². The summed E-state index contributed by atoms with van der Waals surface area (Å²) in [7, 11) is 3.02. The zero-order valence-electron chi connectivity index (χ0n) is 15.3. The fourth-order valence-corrected chi connectivity index (χ4v) is 3.08. The van der Waals surface area contributed by atoms with Crippen LogP contribution in [0, 0.1) is 0 Å². The molecule has 144 valence electrons. The molecule has 6 nitrogen and oxygen atoms in total. The maximum absolute atomic E-state index is 12.7. The van der Waals surface area contributed by atoms with Gasteiger partial charge in [-0.3, -0.25) is 4.79 Å². The highest BCUT2D eigenvalue weighted by Crippen LogP contribution is 2.36. The van der Waals surface area contributed by atoms with Crippen LogP contribution in [0.1, 0.15) is 23.2 Å². The second-order valence-electron chi connectivity index (χ2n) is 6.12. The van der Waals surface area contributed by atoms with Gasteiger partial charge in [0, 0.05) is 24.3 Å². The van der Waals surface area contributed by atoms with Crippen LogP contribution in [0.5, 0.6) is 17.2 Å². The summed E-state index contributed by atoms with van der Waals surface area (Å²) in [4.78, 5) is 12.7. The summed E-state index contributed by atoms with van der Waals surface area (Å²) < 4.78 is 21.8. The molecule has 0 radical (unpaired) electrons. The van der Waals surface area contributed by atoms with Crippen LogP contribution in [0.25, 0.3) is 0 Å². The van der Waals surface area contributed by atoms with E-state index in [0.717, 1.165) is 19.4 Å². The highest BCUT2D eigenvalue weighted by molar-refractivity contribution is 6.32. The molecule has 1 aliphatic rings. The maximum Gasteiger partial charge on any atom is 0.255 e. The molecule has 0 aliphatic carbocycles. The third kappa shape index (κ3) is 4.84. The number of carbonyl (C=O) groups is 1. The number of rotatable bonds is 7. The number of methoxy groups -OCH3 is 2. The summed E-state index contributed by atoms with van der Waals surface area (Å²) in [6.45, 7) is 1.26. The van der Waals surface area contributed by atoms with E-state index in [1.165, 1.54) is 14.2 Å². The SMILES string of the molecule is COc1cc(NC(=O)c2cccc(OCC3CCCO3)c2)c(OC)cc1Cl. The minimum atomic E-state index is -0.291. The Morgan fingerprint density at radius 1 is 1.22 bits per heavy atom. The van der Waals surface area contributed by atoms with E-state index < -0.39 is 0 Å². The van der Waals surface area contributed by atoms with Gasteiger partial charge in [0.25, 0.3) is 5.91 Å². The molecule has 1 fully saturated rings. The smallest absolute Gasteiger partial charge is 0.255 e. The summed E-state index contributed by atoms with van der Waals surface area (Å²) >= 11 is 6.10. The van der Waals surface area contributed by atoms with E-state index in [4.69, 9.17) is 30.5 Å². The van der Waals surface area contributed by atoms with Crippen molar-refractivity contribution in [3.63, 3.8) is 0 Å². The van der Waals surface area contributed by atoms with Gasteiger partial charge in [-0.05, 0) is 31.0 Å². The fraction of sp³-hybridized carbons (Fsp3) is 0.350. The number of anilines is 1. The second kappa shape index (κ2) is 8.97. The minimum Gasteiger partial charge on any atom is -0.495 e. The molecule has 1 amide bonds. The van der Waals surface area contributed by atoms with Crippen molar-refractivity contribution >= 4 is 23.2 Å². The molecule has 1 unspecified atom stereocenters. The van der Waals surface area contributed by atoms with Crippen LogP contribution in [0.3, 0.4) is 0 Å². The first-order valence-electron chi connectivity index (χ1n) is 8.68. The van der Waals surface area contributed by atoms with Crippen molar-refractivity contribution in [1.29, 1.82) is 0 Å². The zero-order chi connectivity index (χ0) is 19.2. The third-order valence-corrected chi connectivity index (χ3v) is 4.57. The lowest BCUT2D eigenvalue weighted by atomic mass is 10.2. The van der Waals surface area contributed by atoms with Gasteiger partial charge in [0.15, 0.2) is 0 Å². The number of halogens is 1. The van der Waals surface area contributed by atoms with E-state index in [9.17, 15) is 4.79 Å². The van der Waals surface area contributed by atoms with Crippen LogP contribution in [0.4, 0.5) is 5.69 Å². The Kier molecular flexibility index (Phi) is 6.42. The van der Waals surface area contributed by atoms with Gasteiger partial charge in [0.1, 0.15) is 23.9 Å². The summed E-state index contributed by atoms with van der Waals surface area (Å²) in [6, 6.07) is 10.2. The Bertz CT molecular complexity index is 805. The lowest BCUT2D eigenvalue weighted by Gasteiger charge is -2.14. The molecule has 0 spiro atoms. The monoisotopic (exact) mass is 391 g/mol. The minimum absolute atomic E-state index is 0.119. The van der Waals surface area contributed by atoms with Crippen LogP contribution in [0.2, 0.25) is 5.02 Å². The van der Waals surface area contributed by atoms with E-state index in [-0.39, 0.29) is 12.0 Å². The van der Waals surface area contributed by atoms with E-state index in [2.05, 4.69) is 5.32 Å². The second-order valence-corrected chi connectivity index (χ2v) is 6.52. The van der Waals surface area contributed by atoms with Gasteiger partial charge < -0.3 is 24.3 Å². The van der Waals surface area contributed by atoms with Crippen molar-refractivity contribution in [1.82, 2.24) is 0 Å². The average Bonchev–Trinajstić information content (AvgIpc) is 3.21. The number of benzene rings is 2. The first kappa shape index (κ1) is 19.3. The first-order valence-corrected chi connectivity index (χ1v) is 9.06. The Morgan fingerprint density at radius 2 is 2.04 bits per heavy atom. The molecule has 3 rings (SSSR count). The van der Waals surface area contributed by atoms with Gasteiger partial charge in [-0.15, -0.1) is 0 Å². The van der Waals surface area contributed by atoms with Crippen molar-refractivity contribution in [2.75, 3.05) is 32.8 Å². The standard InChI is InChI=1S/C20H22ClNO5/c1-24-18-11-17(19(25-2)10-16(18)21)22-20(23)13-5-3-6-14(9-13)27-12-15-7-4-8-26-15/h3,5-6,9-11,15H,4,7-8,12H2,1-2H3,(H,22,23). The summed E-state index contributed by atoms with van der Waals surface area (Å²) in [5.74, 6) is 1.22. The number of hydrogen-bond donors (Lipinski definition) is 1. The first-order chi connectivity index (χ1) is 13.1. The Morgan fingerprint density at radius 3 is 2.74 bits per heavy atom. The molecule has 1 saturated heterocycles. The average molecular weight is 392 g/mol. The van der Waals surface area contributed by atoms with E-state index in [1.54, 1.807) is 30.3 Å². The number of hydrogen-bond acceptors (Lipinski definition) is 5. The molecular weight excluding hydrogens is 370 g/mol. The van der Waals surface area contributed by atoms with Gasteiger partial charge in [0.2, 0.25) is 0 Å². The molecule has 1 atom stereocenters. The maximum atomic E-state index is 12.7. The number of carbonyl (C=O) groups excluding carboxylic acids is 1. The Hall–Kier alpha value is -2.44. The normalized spacial score (nSPS) is 16.0. The van der Waals surface area contributed by atoms with Crippen molar-refractivity contribution in [2.45, 2.75) is 18.9 Å². The molecule has 7 heteroatoms. The van der Waals surface area contributed by atoms with Crippen LogP contribution < -0.4 is 19.5 Å². The molecule has 0 bridgehead atoms. The van der Waals surface area contributed by atoms with Gasteiger partial charge in [-0.25, -0.2) is 0 Å². The largest absolute Gasteiger partial charge is 0.495 e. The fourth-order valence-electron chi connectivity index (χ4n) is 2.84. The van der Waals surface area contributed by atoms with Crippen LogP contribution in [-0.4, -0.2) is 39.4 Å². The molecule has 0 saturated carbocycles. The molecule has 1 heterocycles. The molecule has 2 aromatic rings. The zero-order valence-corrected chi connectivity index (χ0v) is 16.0. The lowest BCUT2D eigenvalue weighted by molar-refractivity contribution is 0.0679. The molecule has 1 aliphatic heterocycles. The topological polar surface area (TPSA) is 66.0 Å². The van der Waals surface area contributed by atoms with E-state index in [0.29, 0.717) is 40.1 Å². The predicted octanol–water partition coefficient (Wildman–Crippen LogP) is 4.17. The highest BCUT2D eigenvalue weighted by atomic mass is 35.5. The predicted molar refractivity (Wildman–Crippen MR) is 103 cm³/mol. The van der Waals surface area contributed by atoms with E-state index in [1.807, 2.05) is 6.07 Å². The molecule has 27 heavy (non-hydrogen) atoms. The van der Waals surface area contributed by atoms with Crippen LogP contribution in [0.15, 0.2) is 36.4 Å². The van der Waals surface area contributed by atoms with Gasteiger partial charge in [-0.1, -0.05) is 17.7 Å². The summed E-state index contributed by atoms with van der Waals surface area (Å²) in [5, 5.41) is 3.22. The van der Waals surface area contributed by atoms with Crippen molar-refractivity contribution in [3.05, 3.63) is 47.0 Å². The third-order valence-electron chi connectivity index (χ3n) is 4.28. The molecular formula is C20H22ClNO5. The van der Waals surface area contributed by atoms with Crippen LogP contribution >= 0.6 is 11.6 Å². The summed E-state index contributed by atoms with van der Waals surface area (Å²) in [5.41, 5.74) is 0.935.